The highest BCUT2D eigenvalue weighted by Gasteiger charge is 2.23. The van der Waals surface area contributed by atoms with Gasteiger partial charge in [0.15, 0.2) is 0 Å². The lowest BCUT2D eigenvalue weighted by Gasteiger charge is -2.10. The van der Waals surface area contributed by atoms with Crippen molar-refractivity contribution in [2.45, 2.75) is 6.42 Å². The van der Waals surface area contributed by atoms with Crippen molar-refractivity contribution in [2.24, 2.45) is 5.92 Å². The molecule has 0 saturated carbocycles. The second-order valence-corrected chi connectivity index (χ2v) is 4.09. The summed E-state index contributed by atoms with van der Waals surface area (Å²) in [6, 6.07) is 3.92. The molecule has 2 rings (SSSR count). The molecule has 1 aliphatic heterocycles. The molecule has 1 amide bonds. The lowest BCUT2D eigenvalue weighted by atomic mass is 10.1. The Balaban J connectivity index is 2.11. The number of benzene rings is 1. The van der Waals surface area contributed by atoms with E-state index in [-0.39, 0.29) is 23.1 Å². The van der Waals surface area contributed by atoms with Crippen molar-refractivity contribution in [1.29, 1.82) is 0 Å². The van der Waals surface area contributed by atoms with E-state index in [2.05, 4.69) is 5.32 Å². The summed E-state index contributed by atoms with van der Waals surface area (Å²) in [6.07, 6.45) is 0.662. The number of carboxylic acids is 1. The molecule has 1 atom stereocenters. The maximum atomic E-state index is 11.8. The van der Waals surface area contributed by atoms with Crippen molar-refractivity contribution in [3.8, 4) is 5.75 Å². The molecule has 6 nitrogen and oxygen atoms in total. The smallest absolute Gasteiger partial charge is 0.339 e. The predicted octanol–water partition coefficient (Wildman–Crippen LogP) is 1.07. The first kappa shape index (κ1) is 12.4. The van der Waals surface area contributed by atoms with Gasteiger partial charge in [0.05, 0.1) is 12.5 Å². The van der Waals surface area contributed by atoms with Crippen LogP contribution in [0.1, 0.15) is 16.8 Å². The average molecular weight is 251 g/mol. The molecule has 0 spiro atoms. The lowest BCUT2D eigenvalue weighted by molar-refractivity contribution is -0.119. The summed E-state index contributed by atoms with van der Waals surface area (Å²) in [7, 11) is 0. The van der Waals surface area contributed by atoms with Crippen molar-refractivity contribution < 1.29 is 24.5 Å². The number of anilines is 1. The molecular weight excluding hydrogens is 238 g/mol. The zero-order valence-corrected chi connectivity index (χ0v) is 9.55. The van der Waals surface area contributed by atoms with Crippen LogP contribution in [-0.4, -0.2) is 35.3 Å². The SMILES string of the molecule is O=C(O)c1cc(NC(=O)C2CCOC2)ccc1O. The molecule has 0 aromatic heterocycles. The van der Waals surface area contributed by atoms with E-state index in [1.54, 1.807) is 0 Å². The number of hydrogen-bond acceptors (Lipinski definition) is 4. The van der Waals surface area contributed by atoms with Crippen molar-refractivity contribution in [2.75, 3.05) is 18.5 Å². The highest BCUT2D eigenvalue weighted by Crippen LogP contribution is 2.22. The molecule has 1 aliphatic rings. The molecule has 0 bridgehead atoms. The molecule has 1 fully saturated rings. The fourth-order valence-electron chi connectivity index (χ4n) is 1.77. The monoisotopic (exact) mass is 251 g/mol. The summed E-state index contributed by atoms with van der Waals surface area (Å²) < 4.78 is 5.10. The largest absolute Gasteiger partial charge is 0.507 e. The van der Waals surface area contributed by atoms with Gasteiger partial charge in [0.2, 0.25) is 5.91 Å². The molecule has 18 heavy (non-hydrogen) atoms. The third kappa shape index (κ3) is 2.60. The number of carboxylic acid groups (broad SMARTS) is 1. The molecule has 1 saturated heterocycles. The van der Waals surface area contributed by atoms with Crippen molar-refractivity contribution in [3.63, 3.8) is 0 Å². The van der Waals surface area contributed by atoms with Crippen LogP contribution in [-0.2, 0) is 9.53 Å². The Morgan fingerprint density at radius 3 is 2.78 bits per heavy atom. The van der Waals surface area contributed by atoms with Crippen LogP contribution >= 0.6 is 0 Å². The molecule has 1 aromatic carbocycles. The Morgan fingerprint density at radius 1 is 1.39 bits per heavy atom. The molecule has 1 heterocycles. The Hall–Kier alpha value is -2.08. The van der Waals surface area contributed by atoms with Crippen molar-refractivity contribution in [3.05, 3.63) is 23.8 Å². The van der Waals surface area contributed by atoms with Crippen LogP contribution in [0.5, 0.6) is 5.75 Å². The number of amides is 1. The van der Waals surface area contributed by atoms with Gasteiger partial charge in [0.1, 0.15) is 11.3 Å². The first-order valence-electron chi connectivity index (χ1n) is 5.53. The number of ether oxygens (including phenoxy) is 1. The topological polar surface area (TPSA) is 95.9 Å². The lowest BCUT2D eigenvalue weighted by Crippen LogP contribution is -2.22. The maximum Gasteiger partial charge on any atom is 0.339 e. The van der Waals surface area contributed by atoms with Gasteiger partial charge in [-0.05, 0) is 24.6 Å². The van der Waals surface area contributed by atoms with E-state index in [1.165, 1.54) is 18.2 Å². The first-order valence-corrected chi connectivity index (χ1v) is 5.53. The van der Waals surface area contributed by atoms with Gasteiger partial charge in [-0.2, -0.15) is 0 Å². The third-order valence-electron chi connectivity index (χ3n) is 2.79. The number of aromatic hydroxyl groups is 1. The number of carbonyl (C=O) groups excluding carboxylic acids is 1. The van der Waals surface area contributed by atoms with Crippen LogP contribution in [0.2, 0.25) is 0 Å². The van der Waals surface area contributed by atoms with Gasteiger partial charge >= 0.3 is 5.97 Å². The summed E-state index contributed by atoms with van der Waals surface area (Å²) in [5.41, 5.74) is 0.109. The normalized spacial score (nSPS) is 18.6. The Bertz CT molecular complexity index is 479. The number of nitrogens with one attached hydrogen (secondary N) is 1. The number of aromatic carboxylic acids is 1. The molecule has 1 unspecified atom stereocenters. The molecule has 6 heteroatoms. The number of rotatable bonds is 3. The van der Waals surface area contributed by atoms with Gasteiger partial charge in [-0.1, -0.05) is 0 Å². The minimum atomic E-state index is -1.24. The van der Waals surface area contributed by atoms with Crippen LogP contribution in [0, 0.1) is 5.92 Å². The predicted molar refractivity (Wildman–Crippen MR) is 62.6 cm³/mol. The van der Waals surface area contributed by atoms with Gasteiger partial charge < -0.3 is 20.3 Å². The van der Waals surface area contributed by atoms with Crippen molar-refractivity contribution >= 4 is 17.6 Å². The first-order chi connectivity index (χ1) is 8.58. The average Bonchev–Trinajstić information content (AvgIpc) is 2.85. The molecule has 0 aliphatic carbocycles. The third-order valence-corrected chi connectivity index (χ3v) is 2.79. The Kier molecular flexibility index (Phi) is 3.47. The van der Waals surface area contributed by atoms with E-state index >= 15 is 0 Å². The van der Waals surface area contributed by atoms with Crippen LogP contribution < -0.4 is 5.32 Å². The zero-order valence-electron chi connectivity index (χ0n) is 9.55. The van der Waals surface area contributed by atoms with Gasteiger partial charge in [0, 0.05) is 12.3 Å². The van der Waals surface area contributed by atoms with E-state index in [0.29, 0.717) is 25.3 Å². The van der Waals surface area contributed by atoms with E-state index in [1.807, 2.05) is 0 Å². The molecule has 96 valence electrons. The number of phenols is 1. The van der Waals surface area contributed by atoms with Gasteiger partial charge in [-0.3, -0.25) is 4.79 Å². The highest BCUT2D eigenvalue weighted by molar-refractivity contribution is 5.96. The van der Waals surface area contributed by atoms with Gasteiger partial charge in [0.25, 0.3) is 0 Å². The Morgan fingerprint density at radius 2 is 2.17 bits per heavy atom. The minimum absolute atomic E-state index is 0.200. The second kappa shape index (κ2) is 5.05. The van der Waals surface area contributed by atoms with Crippen molar-refractivity contribution in [1.82, 2.24) is 0 Å². The summed E-state index contributed by atoms with van der Waals surface area (Å²) in [5.74, 6) is -1.97. The second-order valence-electron chi connectivity index (χ2n) is 4.09. The summed E-state index contributed by atoms with van der Waals surface area (Å²) in [4.78, 5) is 22.6. The molecule has 3 N–H and O–H groups in total. The molecule has 0 radical (unpaired) electrons. The van der Waals surface area contributed by atoms with E-state index in [4.69, 9.17) is 9.84 Å². The quantitative estimate of drug-likeness (QED) is 0.698. The van der Waals surface area contributed by atoms with E-state index in [0.717, 1.165) is 0 Å². The molecule has 1 aromatic rings. The van der Waals surface area contributed by atoms with Gasteiger partial charge in [-0.25, -0.2) is 4.79 Å². The highest BCUT2D eigenvalue weighted by atomic mass is 16.5. The van der Waals surface area contributed by atoms with Gasteiger partial charge in [-0.15, -0.1) is 0 Å². The van der Waals surface area contributed by atoms with Crippen LogP contribution in [0.15, 0.2) is 18.2 Å². The molecular formula is C12H13NO5. The fraction of sp³-hybridized carbons (Fsp3) is 0.333. The maximum absolute atomic E-state index is 11.8. The van der Waals surface area contributed by atoms with Crippen LogP contribution in [0.4, 0.5) is 5.69 Å². The van der Waals surface area contributed by atoms with Crippen LogP contribution in [0.3, 0.4) is 0 Å². The zero-order chi connectivity index (χ0) is 13.1. The number of carbonyl (C=O) groups is 2. The fourth-order valence-corrected chi connectivity index (χ4v) is 1.77. The standard InChI is InChI=1S/C12H13NO5/c14-10-2-1-8(5-9(10)12(16)17)13-11(15)7-3-4-18-6-7/h1-2,5,7,14H,3-4,6H2,(H,13,15)(H,16,17). The van der Waals surface area contributed by atoms with Crippen LogP contribution in [0.25, 0.3) is 0 Å². The minimum Gasteiger partial charge on any atom is -0.507 e. The Labute approximate surface area is 103 Å². The van der Waals surface area contributed by atoms with E-state index < -0.39 is 5.97 Å². The summed E-state index contributed by atoms with van der Waals surface area (Å²) in [6.45, 7) is 0.948. The summed E-state index contributed by atoms with van der Waals surface area (Å²) in [5, 5.41) is 20.8. The number of hydrogen-bond donors (Lipinski definition) is 3. The van der Waals surface area contributed by atoms with E-state index in [9.17, 15) is 14.7 Å². The summed E-state index contributed by atoms with van der Waals surface area (Å²) >= 11 is 0.